The molecule has 0 nitrogen and oxygen atoms in total. The lowest BCUT2D eigenvalue weighted by molar-refractivity contribution is 0.812. The van der Waals surface area contributed by atoms with E-state index in [9.17, 15) is 0 Å². The van der Waals surface area contributed by atoms with Crippen LogP contribution in [0.2, 0.25) is 0 Å². The van der Waals surface area contributed by atoms with Gasteiger partial charge in [0.25, 0.3) is 0 Å². The number of allylic oxidation sites excluding steroid dienone is 5. The van der Waals surface area contributed by atoms with E-state index in [0.29, 0.717) is 17.8 Å². The van der Waals surface area contributed by atoms with Gasteiger partial charge in [-0.05, 0) is 35.8 Å². The van der Waals surface area contributed by atoms with E-state index in [1.165, 1.54) is 38.7 Å². The zero-order chi connectivity index (χ0) is 29.0. The van der Waals surface area contributed by atoms with Gasteiger partial charge in [-0.3, -0.25) is 0 Å². The van der Waals surface area contributed by atoms with Gasteiger partial charge in [0.2, 0.25) is 0 Å². The fraction of sp³-hybridized carbons (Fsp3) is 0.486. The molecule has 2 heteroatoms. The molecule has 37 heavy (non-hydrogen) atoms. The van der Waals surface area contributed by atoms with Gasteiger partial charge in [0.15, 0.2) is 14.6 Å². The first-order valence-corrected chi connectivity index (χ1v) is 14.6. The Morgan fingerprint density at radius 2 is 1.22 bits per heavy atom. The third-order valence-electron chi connectivity index (χ3n) is 5.64. The summed E-state index contributed by atoms with van der Waals surface area (Å²) in [6, 6.07) is 17.2. The van der Waals surface area contributed by atoms with Gasteiger partial charge in [0, 0.05) is 0 Å². The van der Waals surface area contributed by atoms with E-state index >= 15 is 0 Å². The zero-order valence-electron chi connectivity index (χ0n) is 26.7. The lowest BCUT2D eigenvalue weighted by Crippen LogP contribution is -2.10. The van der Waals surface area contributed by atoms with Gasteiger partial charge < -0.3 is 0 Å². The molecule has 2 aromatic carbocycles. The van der Waals surface area contributed by atoms with E-state index in [1.807, 2.05) is 41.5 Å². The topological polar surface area (TPSA) is 0 Å². The molecule has 0 saturated heterocycles. The molecule has 2 aliphatic rings. The van der Waals surface area contributed by atoms with Gasteiger partial charge in [-0.15, -0.1) is 16.9 Å². The predicted octanol–water partition coefficient (Wildman–Crippen LogP) is 10.4. The average molecular weight is 498 g/mol. The summed E-state index contributed by atoms with van der Waals surface area (Å²) >= 11 is 0. The Labute approximate surface area is 234 Å². The third-order valence-corrected chi connectivity index (χ3v) is 5.64. The average Bonchev–Trinajstić information content (AvgIpc) is 3.55. The smallest absolute Gasteiger partial charge is 0.112 e. The highest BCUT2D eigenvalue weighted by Crippen LogP contribution is 2.24. The highest BCUT2D eigenvalue weighted by atomic mass is 14.1. The number of fused-ring (bicyclic) bond motifs is 1. The van der Waals surface area contributed by atoms with Crippen LogP contribution in [0.5, 0.6) is 0 Å². The molecule has 0 fully saturated rings. The van der Waals surface area contributed by atoms with Crippen LogP contribution in [0.1, 0.15) is 113 Å². The Balaban J connectivity index is 0. The normalized spacial score (nSPS) is 12.1. The summed E-state index contributed by atoms with van der Waals surface area (Å²) in [7, 11) is 4.44. The van der Waals surface area contributed by atoms with Crippen molar-refractivity contribution in [1.82, 2.24) is 0 Å². The molecule has 2 heterocycles. The second-order valence-corrected chi connectivity index (χ2v) is 9.48. The van der Waals surface area contributed by atoms with Gasteiger partial charge in [-0.1, -0.05) is 167 Å². The van der Waals surface area contributed by atoms with Crippen LogP contribution in [-0.2, 0) is 0 Å². The molecule has 0 unspecified atom stereocenters. The quantitative estimate of drug-likeness (QED) is 0.369. The van der Waals surface area contributed by atoms with Gasteiger partial charge in [0.1, 0.15) is 0 Å². The van der Waals surface area contributed by atoms with E-state index in [0.717, 1.165) is 0 Å². The lowest BCUT2D eigenvalue weighted by Gasteiger charge is -2.08. The van der Waals surface area contributed by atoms with Crippen LogP contribution in [0.15, 0.2) is 77.6 Å². The summed E-state index contributed by atoms with van der Waals surface area (Å²) < 4.78 is 0. The summed E-state index contributed by atoms with van der Waals surface area (Å²) in [6.45, 7) is 29.6. The molecule has 2 aliphatic heterocycles. The molecule has 2 aromatic rings. The third kappa shape index (κ3) is 14.3. The highest BCUT2D eigenvalue weighted by Gasteiger charge is 2.15. The van der Waals surface area contributed by atoms with Crippen LogP contribution in [0.25, 0.3) is 5.57 Å². The Morgan fingerprint density at radius 1 is 0.622 bits per heavy atom. The van der Waals surface area contributed by atoms with Gasteiger partial charge >= 0.3 is 0 Å². The Hall–Kier alpha value is -2.21. The molecule has 0 N–H and O–H groups in total. The fourth-order valence-electron chi connectivity index (χ4n) is 3.65. The summed E-state index contributed by atoms with van der Waals surface area (Å²) in [6.07, 6.45) is 4.36. The van der Waals surface area contributed by atoms with Crippen LogP contribution in [-0.4, -0.2) is 14.6 Å². The molecule has 2 radical (unpaired) electrons. The minimum Gasteiger partial charge on any atom is -0.112 e. The van der Waals surface area contributed by atoms with E-state index < -0.39 is 0 Å². The number of aryl methyl sites for hydroxylation is 1. The summed E-state index contributed by atoms with van der Waals surface area (Å²) in [5, 5.41) is 0. The number of hydrogen-bond donors (Lipinski definition) is 0. The first-order valence-electron chi connectivity index (χ1n) is 14.6. The monoisotopic (exact) mass is 498 g/mol. The molecule has 202 valence electrons. The Bertz CT molecular complexity index is 943. The molecule has 0 spiro atoms. The van der Waals surface area contributed by atoms with Crippen LogP contribution < -0.4 is 5.46 Å². The maximum Gasteiger partial charge on any atom is 0.182 e. The number of hydrogen-bond acceptors (Lipinski definition) is 0. The van der Waals surface area contributed by atoms with E-state index in [-0.39, 0.29) is 0 Å². The molecular formula is C35H56B2. The largest absolute Gasteiger partial charge is 0.182 e. The maximum atomic E-state index is 2.24. The van der Waals surface area contributed by atoms with E-state index in [1.54, 1.807) is 0 Å². The summed E-state index contributed by atoms with van der Waals surface area (Å²) in [4.78, 5) is 0. The van der Waals surface area contributed by atoms with Gasteiger partial charge in [0.05, 0.1) is 0 Å². The molecule has 0 saturated carbocycles. The van der Waals surface area contributed by atoms with Crippen molar-refractivity contribution >= 4 is 25.6 Å². The lowest BCUT2D eigenvalue weighted by atomic mass is 9.63. The van der Waals surface area contributed by atoms with Crippen molar-refractivity contribution in [3.8, 4) is 0 Å². The minimum atomic E-state index is 0.630. The van der Waals surface area contributed by atoms with Crippen LogP contribution in [0, 0.1) is 18.8 Å². The van der Waals surface area contributed by atoms with Crippen molar-refractivity contribution in [2.75, 3.05) is 0 Å². The van der Waals surface area contributed by atoms with Crippen LogP contribution >= 0.6 is 0 Å². The van der Waals surface area contributed by atoms with Crippen molar-refractivity contribution in [2.45, 2.75) is 103 Å². The predicted molar refractivity (Wildman–Crippen MR) is 176 cm³/mol. The Morgan fingerprint density at radius 3 is 1.62 bits per heavy atom. The van der Waals surface area contributed by atoms with E-state index in [2.05, 4.69) is 137 Å². The number of rotatable bonds is 3. The standard InChI is InChI=1S/C11H12B.C10H14.C8H12B.3C2H6/c1-8(2)10-7-12-11-6-4-3-5-9(10)11;1-8(2)10-6-4-5-9(3)7-10;1-6(2)8-5-4-7(3)9-8;3*1-2/h3-8H,1-2H3;4-8H,1-3H3;4-6H,1-3H3;3*1-2H3. The second-order valence-electron chi connectivity index (χ2n) is 9.48. The minimum absolute atomic E-state index is 0.630. The van der Waals surface area contributed by atoms with Gasteiger partial charge in [-0.25, -0.2) is 0 Å². The summed E-state index contributed by atoms with van der Waals surface area (Å²) in [5.41, 5.74) is 9.84. The van der Waals surface area contributed by atoms with Crippen molar-refractivity contribution in [3.05, 3.63) is 94.3 Å². The highest BCUT2D eigenvalue weighted by molar-refractivity contribution is 6.63. The maximum absolute atomic E-state index is 2.24. The van der Waals surface area contributed by atoms with Crippen molar-refractivity contribution in [1.29, 1.82) is 0 Å². The molecule has 0 bridgehead atoms. The Kier molecular flexibility index (Phi) is 21.8. The van der Waals surface area contributed by atoms with Crippen LogP contribution in [0.3, 0.4) is 0 Å². The first-order chi connectivity index (χ1) is 17.7. The van der Waals surface area contributed by atoms with Crippen LogP contribution in [0.4, 0.5) is 0 Å². The SMILES string of the molecule is CC.CC.CC.CC(C)C1=C[B]c2ccccc21.CC1=CC=C(C(C)C)[B]1.Cc1cccc(C(C)C)c1. The molecule has 0 aromatic heterocycles. The molecule has 0 atom stereocenters. The molecule has 4 rings (SSSR count). The zero-order valence-corrected chi connectivity index (χ0v) is 26.7. The van der Waals surface area contributed by atoms with Gasteiger partial charge in [-0.2, -0.15) is 0 Å². The molecular weight excluding hydrogens is 442 g/mol. The first kappa shape index (κ1) is 36.9. The van der Waals surface area contributed by atoms with Crippen molar-refractivity contribution in [3.63, 3.8) is 0 Å². The molecule has 0 amide bonds. The number of benzene rings is 2. The summed E-state index contributed by atoms with van der Waals surface area (Å²) in [5.74, 6) is 4.19. The fourth-order valence-corrected chi connectivity index (χ4v) is 3.65. The van der Waals surface area contributed by atoms with Crippen molar-refractivity contribution in [2.24, 2.45) is 11.8 Å². The molecule has 0 aliphatic carbocycles. The second kappa shape index (κ2) is 21.8. The van der Waals surface area contributed by atoms with E-state index in [4.69, 9.17) is 0 Å². The van der Waals surface area contributed by atoms with Crippen molar-refractivity contribution < 1.29 is 0 Å².